The third kappa shape index (κ3) is 4.67. The van der Waals surface area contributed by atoms with Gasteiger partial charge in [0.15, 0.2) is 0 Å². The number of nitrogens with one attached hydrogen (secondary N) is 1. The van der Waals surface area contributed by atoms with Crippen LogP contribution in [0.4, 0.5) is 0 Å². The molecule has 33 heavy (non-hydrogen) atoms. The molecule has 0 unspecified atom stereocenters. The van der Waals surface area contributed by atoms with E-state index >= 15 is 0 Å². The van der Waals surface area contributed by atoms with Gasteiger partial charge in [0.05, 0.1) is 5.54 Å². The maximum atomic E-state index is 13.2. The SMILES string of the molecule is Cc1ccc(Oc2ccc(CN3C(=O)C(C(=O)NCC(=O)O)=C(O)CC34CCC4)cn2)cc1. The summed E-state index contributed by atoms with van der Waals surface area (Å²) in [5, 5.41) is 21.4. The normalized spacial score (nSPS) is 17.0. The van der Waals surface area contributed by atoms with Crippen molar-refractivity contribution in [3.8, 4) is 11.6 Å². The van der Waals surface area contributed by atoms with Crippen LogP contribution in [0.2, 0.25) is 0 Å². The number of benzene rings is 1. The van der Waals surface area contributed by atoms with Crippen molar-refractivity contribution in [2.45, 2.75) is 44.7 Å². The van der Waals surface area contributed by atoms with Crippen LogP contribution in [0.1, 0.15) is 36.8 Å². The van der Waals surface area contributed by atoms with E-state index in [-0.39, 0.29) is 18.7 Å². The Hall–Kier alpha value is -3.88. The Kier molecular flexibility index (Phi) is 6.04. The van der Waals surface area contributed by atoms with Gasteiger partial charge in [0.1, 0.15) is 23.6 Å². The van der Waals surface area contributed by atoms with E-state index in [1.54, 1.807) is 23.2 Å². The average Bonchev–Trinajstić information content (AvgIpc) is 2.75. The highest BCUT2D eigenvalue weighted by molar-refractivity contribution is 6.19. The second-order valence-corrected chi connectivity index (χ2v) is 8.46. The van der Waals surface area contributed by atoms with Crippen LogP contribution in [0.25, 0.3) is 0 Å². The van der Waals surface area contributed by atoms with Gasteiger partial charge in [-0.05, 0) is 43.9 Å². The Bertz CT molecular complexity index is 1100. The van der Waals surface area contributed by atoms with Crippen molar-refractivity contribution < 1.29 is 29.3 Å². The minimum Gasteiger partial charge on any atom is -0.511 e. The summed E-state index contributed by atoms with van der Waals surface area (Å²) >= 11 is 0. The van der Waals surface area contributed by atoms with Crippen LogP contribution in [-0.2, 0) is 20.9 Å². The van der Waals surface area contributed by atoms with Gasteiger partial charge in [-0.15, -0.1) is 0 Å². The van der Waals surface area contributed by atoms with Crippen LogP contribution in [0.3, 0.4) is 0 Å². The monoisotopic (exact) mass is 451 g/mol. The summed E-state index contributed by atoms with van der Waals surface area (Å²) in [7, 11) is 0. The lowest BCUT2D eigenvalue weighted by Crippen LogP contribution is -2.60. The molecule has 0 atom stereocenters. The molecule has 0 bridgehead atoms. The molecule has 0 radical (unpaired) electrons. The van der Waals surface area contributed by atoms with E-state index in [0.29, 0.717) is 11.6 Å². The molecule has 2 heterocycles. The van der Waals surface area contributed by atoms with Crippen molar-refractivity contribution in [3.63, 3.8) is 0 Å². The van der Waals surface area contributed by atoms with Crippen molar-refractivity contribution in [2.24, 2.45) is 0 Å². The first-order valence-corrected chi connectivity index (χ1v) is 10.7. The molecule has 1 saturated carbocycles. The number of amides is 2. The summed E-state index contributed by atoms with van der Waals surface area (Å²) in [4.78, 5) is 42.3. The number of pyridine rings is 1. The molecule has 1 aromatic heterocycles. The largest absolute Gasteiger partial charge is 0.511 e. The number of hydrogen-bond acceptors (Lipinski definition) is 6. The van der Waals surface area contributed by atoms with Gasteiger partial charge in [-0.1, -0.05) is 23.8 Å². The number of rotatable bonds is 7. The lowest BCUT2D eigenvalue weighted by atomic mass is 9.70. The fourth-order valence-corrected chi connectivity index (χ4v) is 4.19. The van der Waals surface area contributed by atoms with Gasteiger partial charge in [-0.25, -0.2) is 4.98 Å². The molecule has 1 spiro atoms. The minimum absolute atomic E-state index is 0.163. The Labute approximate surface area is 190 Å². The number of carbonyl (C=O) groups is 3. The molecule has 0 saturated heterocycles. The van der Waals surface area contributed by atoms with E-state index in [1.165, 1.54) is 0 Å². The van der Waals surface area contributed by atoms with Crippen LogP contribution in [0.5, 0.6) is 11.6 Å². The number of ether oxygens (including phenoxy) is 1. The quantitative estimate of drug-likeness (QED) is 0.552. The predicted octanol–water partition coefficient (Wildman–Crippen LogP) is 2.85. The van der Waals surface area contributed by atoms with Crippen molar-refractivity contribution in [2.75, 3.05) is 6.54 Å². The number of aliphatic hydroxyl groups excluding tert-OH is 1. The van der Waals surface area contributed by atoms with E-state index in [1.807, 2.05) is 31.2 Å². The molecular weight excluding hydrogens is 426 g/mol. The highest BCUT2D eigenvalue weighted by Gasteiger charge is 2.51. The molecule has 1 fully saturated rings. The number of carboxylic acids is 1. The van der Waals surface area contributed by atoms with Crippen LogP contribution < -0.4 is 10.1 Å². The summed E-state index contributed by atoms with van der Waals surface area (Å²) in [5.74, 6) is -1.95. The first kappa shape index (κ1) is 22.3. The van der Waals surface area contributed by atoms with Gasteiger partial charge in [0.2, 0.25) is 5.88 Å². The summed E-state index contributed by atoms with van der Waals surface area (Å²) in [6.45, 7) is 1.56. The highest BCUT2D eigenvalue weighted by Crippen LogP contribution is 2.46. The van der Waals surface area contributed by atoms with Crippen LogP contribution >= 0.6 is 0 Å². The Morgan fingerprint density at radius 3 is 2.48 bits per heavy atom. The first-order chi connectivity index (χ1) is 15.8. The Morgan fingerprint density at radius 1 is 1.18 bits per heavy atom. The summed E-state index contributed by atoms with van der Waals surface area (Å²) in [5.41, 5.74) is 0.922. The third-order valence-corrected chi connectivity index (χ3v) is 6.11. The van der Waals surface area contributed by atoms with E-state index in [0.717, 1.165) is 30.4 Å². The number of hydrogen-bond donors (Lipinski definition) is 3. The fraction of sp³-hybridized carbons (Fsp3) is 0.333. The van der Waals surface area contributed by atoms with Crippen molar-refractivity contribution in [3.05, 3.63) is 65.1 Å². The third-order valence-electron chi connectivity index (χ3n) is 6.11. The summed E-state index contributed by atoms with van der Waals surface area (Å²) in [6.07, 6.45) is 4.13. The molecule has 2 amide bonds. The zero-order valence-corrected chi connectivity index (χ0v) is 18.2. The predicted molar refractivity (Wildman–Crippen MR) is 118 cm³/mol. The van der Waals surface area contributed by atoms with E-state index < -0.39 is 35.4 Å². The lowest BCUT2D eigenvalue weighted by molar-refractivity contribution is -0.144. The molecule has 9 heteroatoms. The van der Waals surface area contributed by atoms with Gasteiger partial charge < -0.3 is 25.2 Å². The number of aryl methyl sites for hydroxylation is 1. The molecule has 4 rings (SSSR count). The number of aliphatic carboxylic acids is 1. The molecule has 1 aliphatic heterocycles. The highest BCUT2D eigenvalue weighted by atomic mass is 16.5. The average molecular weight is 451 g/mol. The number of aromatic nitrogens is 1. The minimum atomic E-state index is -1.24. The van der Waals surface area contributed by atoms with Crippen molar-refractivity contribution in [1.82, 2.24) is 15.2 Å². The van der Waals surface area contributed by atoms with E-state index in [2.05, 4.69) is 10.3 Å². The van der Waals surface area contributed by atoms with Crippen LogP contribution in [0.15, 0.2) is 53.9 Å². The zero-order chi connectivity index (χ0) is 23.6. The molecular formula is C24H25N3O6. The standard InChI is InChI=1S/C24H25N3O6/c1-15-3-6-17(7-4-15)33-19-8-5-16(12-25-19)14-27-23(32)21(22(31)26-13-20(29)30)18(28)11-24(27)9-2-10-24/h3-8,12,28H,2,9-11,13-14H2,1H3,(H,26,31)(H,29,30). The van der Waals surface area contributed by atoms with Gasteiger partial charge >= 0.3 is 5.97 Å². The van der Waals surface area contributed by atoms with Gasteiger partial charge in [-0.2, -0.15) is 0 Å². The Balaban J connectivity index is 1.51. The molecule has 3 N–H and O–H groups in total. The second-order valence-electron chi connectivity index (χ2n) is 8.46. The maximum Gasteiger partial charge on any atom is 0.322 e. The first-order valence-electron chi connectivity index (χ1n) is 10.7. The molecule has 9 nitrogen and oxygen atoms in total. The lowest BCUT2D eigenvalue weighted by Gasteiger charge is -2.52. The van der Waals surface area contributed by atoms with Gasteiger partial charge in [0, 0.05) is 25.2 Å². The topological polar surface area (TPSA) is 129 Å². The number of aliphatic hydroxyl groups is 1. The smallest absolute Gasteiger partial charge is 0.322 e. The number of nitrogens with zero attached hydrogens (tertiary/aromatic N) is 2. The van der Waals surface area contributed by atoms with Crippen LogP contribution in [-0.4, -0.2) is 50.0 Å². The summed E-state index contributed by atoms with van der Waals surface area (Å²) in [6, 6.07) is 11.1. The van der Waals surface area contributed by atoms with Gasteiger partial charge in [0.25, 0.3) is 11.8 Å². The maximum absolute atomic E-state index is 13.2. The van der Waals surface area contributed by atoms with Crippen LogP contribution in [0, 0.1) is 6.92 Å². The van der Waals surface area contributed by atoms with Crippen molar-refractivity contribution >= 4 is 17.8 Å². The molecule has 1 aliphatic carbocycles. The van der Waals surface area contributed by atoms with E-state index in [9.17, 15) is 19.5 Å². The molecule has 172 valence electrons. The molecule has 2 aliphatic rings. The Morgan fingerprint density at radius 2 is 1.91 bits per heavy atom. The van der Waals surface area contributed by atoms with Gasteiger partial charge in [-0.3, -0.25) is 14.4 Å². The molecule has 2 aromatic rings. The number of carbonyl (C=O) groups excluding carboxylic acids is 2. The fourth-order valence-electron chi connectivity index (χ4n) is 4.19. The summed E-state index contributed by atoms with van der Waals surface area (Å²) < 4.78 is 5.75. The molecule has 1 aromatic carbocycles. The number of carboxylic acid groups (broad SMARTS) is 1. The van der Waals surface area contributed by atoms with Crippen molar-refractivity contribution in [1.29, 1.82) is 0 Å². The second kappa shape index (κ2) is 8.93. The zero-order valence-electron chi connectivity index (χ0n) is 18.2. The van der Waals surface area contributed by atoms with E-state index in [4.69, 9.17) is 9.84 Å².